The summed E-state index contributed by atoms with van der Waals surface area (Å²) in [5.41, 5.74) is 11.3. The number of ether oxygens (including phenoxy) is 1. The van der Waals surface area contributed by atoms with Crippen LogP contribution in [-0.4, -0.2) is 19.1 Å². The Balaban J connectivity index is 1.87. The van der Waals surface area contributed by atoms with Crippen molar-refractivity contribution in [1.29, 1.82) is 0 Å². The van der Waals surface area contributed by atoms with Crippen molar-refractivity contribution in [2.75, 3.05) is 13.2 Å². The Labute approximate surface area is 120 Å². The Kier molecular flexibility index (Phi) is 5.15. The third-order valence-corrected chi connectivity index (χ3v) is 4.20. The van der Waals surface area contributed by atoms with Crippen LogP contribution in [0.5, 0.6) is 0 Å². The van der Waals surface area contributed by atoms with E-state index in [0.29, 0.717) is 18.9 Å². The Morgan fingerprint density at radius 2 is 1.90 bits per heavy atom. The summed E-state index contributed by atoms with van der Waals surface area (Å²) in [6.45, 7) is 1.23. The van der Waals surface area contributed by atoms with E-state index in [1.807, 2.05) is 30.3 Å². The molecule has 1 aliphatic rings. The fourth-order valence-electron chi connectivity index (χ4n) is 2.81. The minimum absolute atomic E-state index is 0.416. The van der Waals surface area contributed by atoms with Crippen LogP contribution in [0, 0.1) is 5.92 Å². The summed E-state index contributed by atoms with van der Waals surface area (Å²) in [5, 5.41) is 0. The lowest BCUT2D eigenvalue weighted by Gasteiger charge is -2.26. The molecule has 1 aliphatic carbocycles. The van der Waals surface area contributed by atoms with Crippen LogP contribution in [0.4, 0.5) is 0 Å². The number of amides is 1. The molecule has 0 spiro atoms. The molecule has 110 valence electrons. The first-order chi connectivity index (χ1) is 9.63. The molecule has 2 rings (SSSR count). The molecule has 0 radical (unpaired) electrons. The van der Waals surface area contributed by atoms with Gasteiger partial charge in [-0.05, 0) is 24.3 Å². The summed E-state index contributed by atoms with van der Waals surface area (Å²) >= 11 is 0. The zero-order valence-electron chi connectivity index (χ0n) is 11.9. The standard InChI is InChI=1S/C16H24N2O2/c17-15(19)16(18,14-8-2-1-3-9-14)10-11-20-12-13-6-4-5-7-13/h1-3,8-9,13H,4-7,10-12,18H2,(H2,17,19). The normalized spacial score (nSPS) is 18.9. The van der Waals surface area contributed by atoms with E-state index in [4.69, 9.17) is 16.2 Å². The topological polar surface area (TPSA) is 78.3 Å². The molecule has 0 bridgehead atoms. The van der Waals surface area contributed by atoms with Crippen LogP contribution < -0.4 is 11.5 Å². The minimum atomic E-state index is -1.14. The van der Waals surface area contributed by atoms with Gasteiger partial charge in [-0.2, -0.15) is 0 Å². The summed E-state index contributed by atoms with van der Waals surface area (Å²) in [5.74, 6) is 0.167. The van der Waals surface area contributed by atoms with E-state index in [2.05, 4.69) is 0 Å². The van der Waals surface area contributed by atoms with Gasteiger partial charge in [0.1, 0.15) is 5.54 Å². The van der Waals surface area contributed by atoms with E-state index in [0.717, 1.165) is 12.2 Å². The molecular formula is C16H24N2O2. The molecule has 0 aliphatic heterocycles. The Morgan fingerprint density at radius 3 is 2.50 bits per heavy atom. The molecule has 0 aromatic heterocycles. The van der Waals surface area contributed by atoms with E-state index >= 15 is 0 Å². The number of benzene rings is 1. The first kappa shape index (κ1) is 15.0. The van der Waals surface area contributed by atoms with Crippen molar-refractivity contribution in [3.63, 3.8) is 0 Å². The molecule has 1 fully saturated rings. The quantitative estimate of drug-likeness (QED) is 0.747. The SMILES string of the molecule is NC(=O)C(N)(CCOCC1CCCC1)c1ccccc1. The van der Waals surface area contributed by atoms with Crippen molar-refractivity contribution in [2.24, 2.45) is 17.4 Å². The van der Waals surface area contributed by atoms with Crippen LogP contribution in [0.1, 0.15) is 37.7 Å². The fraction of sp³-hybridized carbons (Fsp3) is 0.562. The Morgan fingerprint density at radius 1 is 1.25 bits per heavy atom. The second-order valence-corrected chi connectivity index (χ2v) is 5.68. The van der Waals surface area contributed by atoms with Crippen LogP contribution in [0.25, 0.3) is 0 Å². The van der Waals surface area contributed by atoms with Gasteiger partial charge in [0.2, 0.25) is 5.91 Å². The summed E-state index contributed by atoms with van der Waals surface area (Å²) < 4.78 is 5.70. The van der Waals surface area contributed by atoms with Crippen molar-refractivity contribution < 1.29 is 9.53 Å². The van der Waals surface area contributed by atoms with Crippen LogP contribution in [-0.2, 0) is 15.1 Å². The molecule has 4 heteroatoms. The lowest BCUT2D eigenvalue weighted by molar-refractivity contribution is -0.124. The fourth-order valence-corrected chi connectivity index (χ4v) is 2.81. The predicted molar refractivity (Wildman–Crippen MR) is 78.9 cm³/mol. The summed E-state index contributed by atoms with van der Waals surface area (Å²) in [6.07, 6.45) is 5.53. The van der Waals surface area contributed by atoms with E-state index in [9.17, 15) is 4.79 Å². The van der Waals surface area contributed by atoms with Crippen molar-refractivity contribution in [3.8, 4) is 0 Å². The van der Waals surface area contributed by atoms with E-state index < -0.39 is 11.4 Å². The number of hydrogen-bond donors (Lipinski definition) is 2. The molecular weight excluding hydrogens is 252 g/mol. The molecule has 0 saturated heterocycles. The molecule has 1 aromatic rings. The summed E-state index contributed by atoms with van der Waals surface area (Å²) in [7, 11) is 0. The van der Waals surface area contributed by atoms with Crippen LogP contribution in [0.15, 0.2) is 30.3 Å². The number of primary amides is 1. The van der Waals surface area contributed by atoms with Crippen molar-refractivity contribution in [1.82, 2.24) is 0 Å². The van der Waals surface area contributed by atoms with Crippen LogP contribution in [0.2, 0.25) is 0 Å². The van der Waals surface area contributed by atoms with Gasteiger partial charge in [-0.25, -0.2) is 0 Å². The average Bonchev–Trinajstić information content (AvgIpc) is 2.97. The number of nitrogens with two attached hydrogens (primary N) is 2. The maximum Gasteiger partial charge on any atom is 0.242 e. The molecule has 1 saturated carbocycles. The highest BCUT2D eigenvalue weighted by atomic mass is 16.5. The number of carbonyl (C=O) groups excluding carboxylic acids is 1. The lowest BCUT2D eigenvalue weighted by atomic mass is 9.87. The highest BCUT2D eigenvalue weighted by molar-refractivity contribution is 5.85. The lowest BCUT2D eigenvalue weighted by Crippen LogP contribution is -2.49. The second kappa shape index (κ2) is 6.86. The van der Waals surface area contributed by atoms with Crippen LogP contribution in [0.3, 0.4) is 0 Å². The van der Waals surface area contributed by atoms with Crippen molar-refractivity contribution >= 4 is 5.91 Å². The Bertz CT molecular complexity index is 429. The predicted octanol–water partition coefficient (Wildman–Crippen LogP) is 1.92. The zero-order chi connectivity index (χ0) is 14.4. The molecule has 20 heavy (non-hydrogen) atoms. The minimum Gasteiger partial charge on any atom is -0.381 e. The first-order valence-electron chi connectivity index (χ1n) is 7.35. The van der Waals surface area contributed by atoms with Gasteiger partial charge in [-0.3, -0.25) is 4.79 Å². The maximum absolute atomic E-state index is 11.7. The van der Waals surface area contributed by atoms with Crippen LogP contribution >= 0.6 is 0 Å². The highest BCUT2D eigenvalue weighted by Crippen LogP contribution is 2.26. The molecule has 1 aromatic carbocycles. The average molecular weight is 276 g/mol. The summed E-state index contributed by atoms with van der Waals surface area (Å²) in [6, 6.07) is 9.28. The second-order valence-electron chi connectivity index (χ2n) is 5.68. The Hall–Kier alpha value is -1.39. The number of rotatable bonds is 7. The molecule has 4 N–H and O–H groups in total. The third kappa shape index (κ3) is 3.58. The van der Waals surface area contributed by atoms with Crippen molar-refractivity contribution in [3.05, 3.63) is 35.9 Å². The van der Waals surface area contributed by atoms with E-state index in [1.165, 1.54) is 25.7 Å². The summed E-state index contributed by atoms with van der Waals surface area (Å²) in [4.78, 5) is 11.7. The monoisotopic (exact) mass is 276 g/mol. The number of carbonyl (C=O) groups is 1. The van der Waals surface area contributed by atoms with Gasteiger partial charge in [-0.15, -0.1) is 0 Å². The van der Waals surface area contributed by atoms with Gasteiger partial charge in [0, 0.05) is 19.6 Å². The van der Waals surface area contributed by atoms with Crippen molar-refractivity contribution in [2.45, 2.75) is 37.6 Å². The van der Waals surface area contributed by atoms with Gasteiger partial charge in [0.05, 0.1) is 0 Å². The zero-order valence-corrected chi connectivity index (χ0v) is 11.9. The van der Waals surface area contributed by atoms with Gasteiger partial charge in [0.25, 0.3) is 0 Å². The van der Waals surface area contributed by atoms with Gasteiger partial charge < -0.3 is 16.2 Å². The van der Waals surface area contributed by atoms with E-state index in [1.54, 1.807) is 0 Å². The molecule has 1 amide bonds. The largest absolute Gasteiger partial charge is 0.381 e. The van der Waals surface area contributed by atoms with Gasteiger partial charge in [-0.1, -0.05) is 43.2 Å². The molecule has 1 unspecified atom stereocenters. The maximum atomic E-state index is 11.7. The third-order valence-electron chi connectivity index (χ3n) is 4.20. The molecule has 4 nitrogen and oxygen atoms in total. The molecule has 0 heterocycles. The van der Waals surface area contributed by atoms with Gasteiger partial charge >= 0.3 is 0 Å². The smallest absolute Gasteiger partial charge is 0.242 e. The van der Waals surface area contributed by atoms with E-state index in [-0.39, 0.29) is 0 Å². The number of hydrogen-bond acceptors (Lipinski definition) is 3. The van der Waals surface area contributed by atoms with Gasteiger partial charge in [0.15, 0.2) is 0 Å². The first-order valence-corrected chi connectivity index (χ1v) is 7.35. The highest BCUT2D eigenvalue weighted by Gasteiger charge is 2.33. The molecule has 1 atom stereocenters.